The van der Waals surface area contributed by atoms with Gasteiger partial charge < -0.3 is 10.5 Å². The molecule has 0 spiro atoms. The molecule has 2 N–H and O–H groups in total. The molecule has 1 unspecified atom stereocenters. The van der Waals surface area contributed by atoms with Crippen LogP contribution in [0.4, 0.5) is 4.39 Å². The molecule has 0 saturated heterocycles. The molecule has 100 valence electrons. The fourth-order valence-electron chi connectivity index (χ4n) is 1.84. The van der Waals surface area contributed by atoms with Crippen molar-refractivity contribution >= 4 is 31.9 Å². The molecular weight excluding hydrogens is 377 g/mol. The second-order valence-electron chi connectivity index (χ2n) is 4.04. The lowest BCUT2D eigenvalue weighted by atomic mass is 9.99. The predicted molar refractivity (Wildman–Crippen MR) is 80.8 cm³/mol. The van der Waals surface area contributed by atoms with Gasteiger partial charge in [0.25, 0.3) is 0 Å². The van der Waals surface area contributed by atoms with Gasteiger partial charge in [-0.1, -0.05) is 28.1 Å². The summed E-state index contributed by atoms with van der Waals surface area (Å²) in [6, 6.07) is 10.3. The van der Waals surface area contributed by atoms with Crippen LogP contribution in [0.25, 0.3) is 0 Å². The molecule has 2 aromatic carbocycles. The maximum absolute atomic E-state index is 13.5. The first-order valence-corrected chi connectivity index (χ1v) is 7.15. The third-order valence-corrected chi connectivity index (χ3v) is 3.92. The average Bonchev–Trinajstić information content (AvgIpc) is 2.40. The van der Waals surface area contributed by atoms with E-state index in [1.54, 1.807) is 6.07 Å². The van der Waals surface area contributed by atoms with Gasteiger partial charge in [-0.3, -0.25) is 0 Å². The predicted octanol–water partition coefficient (Wildman–Crippen LogP) is 4.41. The normalized spacial score (nSPS) is 12.3. The third-order valence-electron chi connectivity index (χ3n) is 2.82. The molecule has 0 fully saturated rings. The van der Waals surface area contributed by atoms with Gasteiger partial charge in [0.05, 0.1) is 17.6 Å². The van der Waals surface area contributed by atoms with E-state index >= 15 is 0 Å². The number of rotatable bonds is 3. The minimum absolute atomic E-state index is 0.369. The van der Waals surface area contributed by atoms with Crippen molar-refractivity contribution in [1.29, 1.82) is 0 Å². The van der Waals surface area contributed by atoms with Crippen LogP contribution < -0.4 is 10.5 Å². The van der Waals surface area contributed by atoms with E-state index in [9.17, 15) is 4.39 Å². The second-order valence-corrected chi connectivity index (χ2v) is 5.81. The number of benzene rings is 2. The number of hydrogen-bond donors (Lipinski definition) is 1. The standard InChI is InChI=1S/C14H12Br2FNO/c1-19-13-7-12(17)11(16)6-10(13)14(18)8-3-2-4-9(15)5-8/h2-7,14H,18H2,1H3. The van der Waals surface area contributed by atoms with E-state index in [0.29, 0.717) is 10.2 Å². The van der Waals surface area contributed by atoms with Gasteiger partial charge in [0.1, 0.15) is 11.6 Å². The largest absolute Gasteiger partial charge is 0.496 e. The van der Waals surface area contributed by atoms with Gasteiger partial charge in [-0.15, -0.1) is 0 Å². The molecule has 0 aromatic heterocycles. The molecule has 0 radical (unpaired) electrons. The van der Waals surface area contributed by atoms with Crippen LogP contribution in [-0.2, 0) is 0 Å². The van der Waals surface area contributed by atoms with Crippen LogP contribution in [0, 0.1) is 5.82 Å². The van der Waals surface area contributed by atoms with Gasteiger partial charge in [0, 0.05) is 16.1 Å². The highest BCUT2D eigenvalue weighted by Gasteiger charge is 2.17. The summed E-state index contributed by atoms with van der Waals surface area (Å²) in [6.07, 6.45) is 0. The maximum atomic E-state index is 13.5. The summed E-state index contributed by atoms with van der Waals surface area (Å²) in [4.78, 5) is 0. The Morgan fingerprint density at radius 3 is 2.58 bits per heavy atom. The average molecular weight is 389 g/mol. The van der Waals surface area contributed by atoms with Crippen molar-refractivity contribution in [2.75, 3.05) is 7.11 Å². The van der Waals surface area contributed by atoms with Gasteiger partial charge in [-0.05, 0) is 39.7 Å². The molecule has 2 rings (SSSR count). The highest BCUT2D eigenvalue weighted by molar-refractivity contribution is 9.10. The quantitative estimate of drug-likeness (QED) is 0.845. The number of ether oxygens (including phenoxy) is 1. The molecule has 0 heterocycles. The van der Waals surface area contributed by atoms with E-state index in [0.717, 1.165) is 15.6 Å². The molecule has 2 aromatic rings. The zero-order valence-electron chi connectivity index (χ0n) is 10.2. The minimum atomic E-state index is -0.385. The van der Waals surface area contributed by atoms with Crippen molar-refractivity contribution in [1.82, 2.24) is 0 Å². The van der Waals surface area contributed by atoms with Crippen LogP contribution in [0.1, 0.15) is 17.2 Å². The summed E-state index contributed by atoms with van der Waals surface area (Å²) in [5, 5.41) is 0. The molecule has 2 nitrogen and oxygen atoms in total. The van der Waals surface area contributed by atoms with Gasteiger partial charge in [0.2, 0.25) is 0 Å². The Labute approximate surface area is 128 Å². The molecule has 0 aliphatic heterocycles. The zero-order valence-corrected chi connectivity index (χ0v) is 13.3. The maximum Gasteiger partial charge on any atom is 0.141 e. The molecule has 5 heteroatoms. The summed E-state index contributed by atoms with van der Waals surface area (Å²) in [5.74, 6) is 0.0650. The van der Waals surface area contributed by atoms with E-state index in [2.05, 4.69) is 31.9 Å². The van der Waals surface area contributed by atoms with Crippen molar-refractivity contribution in [2.24, 2.45) is 5.73 Å². The minimum Gasteiger partial charge on any atom is -0.496 e. The highest BCUT2D eigenvalue weighted by atomic mass is 79.9. The van der Waals surface area contributed by atoms with E-state index in [4.69, 9.17) is 10.5 Å². The van der Waals surface area contributed by atoms with Crippen molar-refractivity contribution in [3.63, 3.8) is 0 Å². The Bertz CT molecular complexity index is 604. The lowest BCUT2D eigenvalue weighted by molar-refractivity contribution is 0.404. The smallest absolute Gasteiger partial charge is 0.141 e. The molecule has 0 bridgehead atoms. The van der Waals surface area contributed by atoms with Crippen molar-refractivity contribution in [3.05, 3.63) is 62.3 Å². The van der Waals surface area contributed by atoms with Crippen LogP contribution in [0.5, 0.6) is 5.75 Å². The summed E-state index contributed by atoms with van der Waals surface area (Å²) in [5.41, 5.74) is 7.89. The first-order valence-electron chi connectivity index (χ1n) is 5.57. The number of nitrogens with two attached hydrogens (primary N) is 1. The van der Waals surface area contributed by atoms with Crippen LogP contribution in [-0.4, -0.2) is 7.11 Å². The fraction of sp³-hybridized carbons (Fsp3) is 0.143. The molecule has 0 aliphatic carbocycles. The van der Waals surface area contributed by atoms with Crippen LogP contribution in [0.2, 0.25) is 0 Å². The summed E-state index contributed by atoms with van der Waals surface area (Å²) >= 11 is 6.58. The van der Waals surface area contributed by atoms with Gasteiger partial charge in [-0.25, -0.2) is 4.39 Å². The van der Waals surface area contributed by atoms with Gasteiger partial charge in [-0.2, -0.15) is 0 Å². The Balaban J connectivity index is 2.49. The first kappa shape index (κ1) is 14.5. The highest BCUT2D eigenvalue weighted by Crippen LogP contribution is 2.33. The molecule has 0 amide bonds. The van der Waals surface area contributed by atoms with E-state index < -0.39 is 0 Å². The number of halogens is 3. The number of methoxy groups -OCH3 is 1. The number of hydrogen-bond acceptors (Lipinski definition) is 2. The Morgan fingerprint density at radius 2 is 1.95 bits per heavy atom. The zero-order chi connectivity index (χ0) is 14.0. The Hall–Kier alpha value is -0.910. The van der Waals surface area contributed by atoms with E-state index in [-0.39, 0.29) is 11.9 Å². The molecular formula is C14H12Br2FNO. The van der Waals surface area contributed by atoms with Gasteiger partial charge >= 0.3 is 0 Å². The molecule has 1 atom stereocenters. The third kappa shape index (κ3) is 3.16. The van der Waals surface area contributed by atoms with Crippen LogP contribution in [0.3, 0.4) is 0 Å². The monoisotopic (exact) mass is 387 g/mol. The van der Waals surface area contributed by atoms with E-state index in [1.807, 2.05) is 24.3 Å². The SMILES string of the molecule is COc1cc(F)c(Br)cc1C(N)c1cccc(Br)c1. The Morgan fingerprint density at radius 1 is 1.21 bits per heavy atom. The van der Waals surface area contributed by atoms with Crippen LogP contribution >= 0.6 is 31.9 Å². The van der Waals surface area contributed by atoms with Crippen molar-refractivity contribution in [2.45, 2.75) is 6.04 Å². The Kier molecular flexibility index (Phi) is 4.60. The summed E-state index contributed by atoms with van der Waals surface area (Å²) in [6.45, 7) is 0. The topological polar surface area (TPSA) is 35.2 Å². The van der Waals surface area contributed by atoms with Gasteiger partial charge in [0.15, 0.2) is 0 Å². The lowest BCUT2D eigenvalue weighted by Crippen LogP contribution is -2.13. The van der Waals surface area contributed by atoms with Crippen molar-refractivity contribution in [3.8, 4) is 5.75 Å². The van der Waals surface area contributed by atoms with Crippen molar-refractivity contribution < 1.29 is 9.13 Å². The molecule has 0 aliphatic rings. The van der Waals surface area contributed by atoms with E-state index in [1.165, 1.54) is 13.2 Å². The molecule has 0 saturated carbocycles. The fourth-order valence-corrected chi connectivity index (χ4v) is 2.62. The lowest BCUT2D eigenvalue weighted by Gasteiger charge is -2.17. The summed E-state index contributed by atoms with van der Waals surface area (Å²) < 4.78 is 20.0. The summed E-state index contributed by atoms with van der Waals surface area (Å²) in [7, 11) is 1.50. The molecule has 19 heavy (non-hydrogen) atoms. The second kappa shape index (κ2) is 6.03. The first-order chi connectivity index (χ1) is 9.02. The van der Waals surface area contributed by atoms with Crippen LogP contribution in [0.15, 0.2) is 45.3 Å².